The molecule has 0 unspecified atom stereocenters. The van der Waals surface area contributed by atoms with Crippen LogP contribution in [0.3, 0.4) is 0 Å². The first kappa shape index (κ1) is 51.4. The molecule has 2 aliphatic carbocycles. The molecule has 1 spiro atoms. The Bertz CT molecular complexity index is 3370. The third-order valence-corrected chi connectivity index (χ3v) is 18.2. The van der Waals surface area contributed by atoms with Crippen molar-refractivity contribution in [2.45, 2.75) is 111 Å². The van der Waals surface area contributed by atoms with E-state index in [1.807, 2.05) is 64.9 Å². The highest BCUT2D eigenvalue weighted by Gasteiger charge is 2.54. The molecule has 0 bridgehead atoms. The lowest BCUT2D eigenvalue weighted by molar-refractivity contribution is -0.162. The largest absolute Gasteiger partial charge is 0.489 e. The van der Waals surface area contributed by atoms with Crippen LogP contribution in [-0.2, 0) is 43.5 Å². The second-order valence-electron chi connectivity index (χ2n) is 21.4. The van der Waals surface area contributed by atoms with E-state index in [-0.39, 0.29) is 61.7 Å². The Balaban J connectivity index is 0.736. The molecule has 2 saturated carbocycles. The molecule has 396 valence electrons. The van der Waals surface area contributed by atoms with Gasteiger partial charge in [-0.05, 0) is 118 Å². The van der Waals surface area contributed by atoms with Gasteiger partial charge in [-0.3, -0.25) is 33.5 Å². The van der Waals surface area contributed by atoms with Gasteiger partial charge in [0.05, 0.1) is 48.1 Å². The Morgan fingerprint density at radius 3 is 2.51 bits per heavy atom. The van der Waals surface area contributed by atoms with E-state index in [0.29, 0.717) is 78.3 Å². The summed E-state index contributed by atoms with van der Waals surface area (Å²) in [5.41, 5.74) is 6.22. The number of benzene rings is 3. The van der Waals surface area contributed by atoms with Crippen LogP contribution in [0.2, 0.25) is 10.0 Å². The third kappa shape index (κ3) is 9.63. The normalized spacial score (nSPS) is 21.4. The second kappa shape index (κ2) is 20.3. The summed E-state index contributed by atoms with van der Waals surface area (Å²) in [7, 11) is 0. The maximum absolute atomic E-state index is 14.8. The van der Waals surface area contributed by atoms with Crippen molar-refractivity contribution in [2.24, 2.45) is 21.7 Å². The molecule has 3 aliphatic heterocycles. The fourth-order valence-electron chi connectivity index (χ4n) is 11.8. The zero-order chi connectivity index (χ0) is 53.2. The summed E-state index contributed by atoms with van der Waals surface area (Å²) in [6.07, 6.45) is 5.33. The number of thiophene rings is 1. The lowest BCUT2D eigenvalue weighted by Gasteiger charge is -2.45. The SMILES string of the molecule is Cc1sc2c(c1C)C(c1ccc(Cl)cc1)=N[C@@H](CC(=O)NCC(=O)NCCn1nnc3cc(COc4ccc(Cl)c5c4[C@@H](CN4CC6(CC6)CC4=O)N(C(=O)[C@@H]4CCCC[C@]4(C)C(=O)O)CC5)ccc31)c1nnc(C)n1-2. The van der Waals surface area contributed by atoms with E-state index < -0.39 is 29.4 Å². The van der Waals surface area contributed by atoms with Gasteiger partial charge < -0.3 is 30.3 Å². The second-order valence-corrected chi connectivity index (χ2v) is 23.4. The number of nitrogens with zero attached hydrogens (tertiary/aromatic N) is 9. The van der Waals surface area contributed by atoms with Crippen LogP contribution in [-0.4, -0.2) is 113 Å². The van der Waals surface area contributed by atoms with Gasteiger partial charge in [0, 0.05) is 64.2 Å². The van der Waals surface area contributed by atoms with Gasteiger partial charge in [0.2, 0.25) is 23.6 Å². The zero-order valence-corrected chi connectivity index (χ0v) is 45.2. The van der Waals surface area contributed by atoms with Crippen LogP contribution in [0.1, 0.15) is 120 Å². The minimum atomic E-state index is -1.19. The predicted molar refractivity (Wildman–Crippen MR) is 286 cm³/mol. The van der Waals surface area contributed by atoms with Gasteiger partial charge in [-0.15, -0.1) is 26.6 Å². The first-order valence-electron chi connectivity index (χ1n) is 26.0. The summed E-state index contributed by atoms with van der Waals surface area (Å²) < 4.78 is 10.3. The van der Waals surface area contributed by atoms with Gasteiger partial charge in [-0.2, -0.15) is 0 Å². The number of halogens is 2. The van der Waals surface area contributed by atoms with E-state index in [9.17, 15) is 29.1 Å². The van der Waals surface area contributed by atoms with Gasteiger partial charge >= 0.3 is 5.97 Å². The minimum Gasteiger partial charge on any atom is -0.489 e. The summed E-state index contributed by atoms with van der Waals surface area (Å²) in [6, 6.07) is 15.5. The smallest absolute Gasteiger partial charge is 0.310 e. The highest BCUT2D eigenvalue weighted by Crippen LogP contribution is 2.54. The molecule has 11 rings (SSSR count). The summed E-state index contributed by atoms with van der Waals surface area (Å²) in [4.78, 5) is 77.6. The molecule has 1 saturated heterocycles. The standard InChI is InChI=1S/C55H59Cl2N11O7S/c1-30-31(2)76-52-47(30)49(34-9-11-35(56)12-10-34)60-40(50-63-61-32(3)68(50)52)24-44(69)59-26-45(70)58-20-22-67-41-14-8-33(23-39(41)62-64-67)28-75-43-15-13-38(57)36-16-21-66(51(72)37-7-5-6-17-54(37,4)53(73)74)42(48(36)43)27-65-29-55(18-19-55)25-46(65)71/h8-15,23,37,40,42H,5-7,16-22,24-29H2,1-4H3,(H,58,70)(H,59,69)(H,73,74)/t37-,40-,42+,54-/m0/s1. The van der Waals surface area contributed by atoms with E-state index in [1.54, 1.807) is 33.9 Å². The highest BCUT2D eigenvalue weighted by atomic mass is 35.5. The number of amides is 4. The highest BCUT2D eigenvalue weighted by molar-refractivity contribution is 7.15. The number of fused-ring (bicyclic) bond motifs is 5. The molecular weight excluding hydrogens is 1030 g/mol. The van der Waals surface area contributed by atoms with Crippen LogP contribution >= 0.6 is 34.5 Å². The minimum absolute atomic E-state index is 0.00722. The Morgan fingerprint density at radius 1 is 0.947 bits per heavy atom. The average molecular weight is 1090 g/mol. The summed E-state index contributed by atoms with van der Waals surface area (Å²) >= 11 is 14.8. The molecule has 3 aromatic heterocycles. The molecule has 18 nitrogen and oxygen atoms in total. The predicted octanol–water partition coefficient (Wildman–Crippen LogP) is 7.82. The molecule has 76 heavy (non-hydrogen) atoms. The van der Waals surface area contributed by atoms with Crippen LogP contribution in [0.5, 0.6) is 5.75 Å². The molecule has 4 atom stereocenters. The van der Waals surface area contributed by atoms with Crippen molar-refractivity contribution in [3.8, 4) is 10.8 Å². The molecule has 6 heterocycles. The molecule has 21 heteroatoms. The number of hydrogen-bond donors (Lipinski definition) is 3. The molecule has 3 N–H and O–H groups in total. The average Bonchev–Trinajstić information content (AvgIpc) is 3.64. The number of carboxylic acid groups (broad SMARTS) is 1. The third-order valence-electron chi connectivity index (χ3n) is 16.4. The zero-order valence-electron chi connectivity index (χ0n) is 42.8. The molecule has 4 amide bonds. The van der Waals surface area contributed by atoms with Crippen LogP contribution < -0.4 is 15.4 Å². The van der Waals surface area contributed by atoms with Crippen molar-refractivity contribution < 1.29 is 33.8 Å². The van der Waals surface area contributed by atoms with Crippen LogP contribution in [0.25, 0.3) is 16.0 Å². The van der Waals surface area contributed by atoms with Gasteiger partial charge in [0.15, 0.2) is 5.82 Å². The lowest BCUT2D eigenvalue weighted by atomic mass is 9.66. The first-order chi connectivity index (χ1) is 36.5. The number of carboxylic acids is 1. The Kier molecular flexibility index (Phi) is 13.8. The van der Waals surface area contributed by atoms with Gasteiger partial charge in [0.25, 0.3) is 0 Å². The number of aromatic nitrogens is 6. The first-order valence-corrected chi connectivity index (χ1v) is 27.6. The Morgan fingerprint density at radius 2 is 1.75 bits per heavy atom. The van der Waals surface area contributed by atoms with E-state index in [0.717, 1.165) is 80.2 Å². The number of aliphatic carboxylic acids is 1. The van der Waals surface area contributed by atoms with Crippen molar-refractivity contribution in [1.82, 2.24) is 50.2 Å². The molecule has 6 aromatic rings. The number of aryl methyl sites for hydroxylation is 2. The molecular formula is C55H59Cl2N11O7S. The van der Waals surface area contributed by atoms with Gasteiger partial charge in [-0.1, -0.05) is 59.5 Å². The van der Waals surface area contributed by atoms with Gasteiger partial charge in [0.1, 0.15) is 34.7 Å². The van der Waals surface area contributed by atoms with Crippen molar-refractivity contribution in [3.05, 3.63) is 115 Å². The topological polar surface area (TPSA) is 219 Å². The molecule has 3 aromatic carbocycles. The van der Waals surface area contributed by atoms with Crippen LogP contribution in [0.15, 0.2) is 59.6 Å². The number of rotatable bonds is 15. The summed E-state index contributed by atoms with van der Waals surface area (Å²) in [5, 5.41) is 35.7. The van der Waals surface area contributed by atoms with E-state index >= 15 is 0 Å². The number of likely N-dealkylation sites (tertiary alicyclic amines) is 1. The Hall–Kier alpha value is -6.70. The fourth-order valence-corrected chi connectivity index (χ4v) is 13.4. The van der Waals surface area contributed by atoms with Gasteiger partial charge in [-0.25, -0.2) is 4.68 Å². The van der Waals surface area contributed by atoms with E-state index in [4.69, 9.17) is 32.9 Å². The van der Waals surface area contributed by atoms with Crippen molar-refractivity contribution in [2.75, 3.05) is 32.7 Å². The maximum atomic E-state index is 14.8. The number of hydrogen-bond acceptors (Lipinski definition) is 12. The summed E-state index contributed by atoms with van der Waals surface area (Å²) in [5.74, 6) is -0.787. The van der Waals surface area contributed by atoms with E-state index in [1.165, 1.54) is 0 Å². The van der Waals surface area contributed by atoms with Crippen molar-refractivity contribution >= 4 is 80.9 Å². The number of carbonyl (C=O) groups is 5. The van der Waals surface area contributed by atoms with E-state index in [2.05, 4.69) is 45.0 Å². The van der Waals surface area contributed by atoms with Crippen molar-refractivity contribution in [3.63, 3.8) is 0 Å². The number of ether oxygens (including phenoxy) is 1. The number of carbonyl (C=O) groups excluding carboxylic acids is 4. The monoisotopic (exact) mass is 1090 g/mol. The maximum Gasteiger partial charge on any atom is 0.310 e. The summed E-state index contributed by atoms with van der Waals surface area (Å²) in [6.45, 7) is 9.39. The quantitative estimate of drug-likeness (QED) is 0.0900. The lowest BCUT2D eigenvalue weighted by Crippen LogP contribution is -2.52. The fraction of sp³-hybridized carbons (Fsp3) is 0.455. The molecule has 0 radical (unpaired) electrons. The molecule has 3 fully saturated rings. The number of aliphatic imine (C=N–C) groups is 1. The number of nitrogens with one attached hydrogen (secondary N) is 2. The van der Waals surface area contributed by atoms with Crippen molar-refractivity contribution in [1.29, 1.82) is 0 Å². The van der Waals surface area contributed by atoms with Crippen LogP contribution in [0.4, 0.5) is 0 Å². The van der Waals surface area contributed by atoms with Crippen LogP contribution in [0, 0.1) is 37.5 Å². The molecule has 5 aliphatic rings. The Labute approximate surface area is 453 Å².